The minimum absolute atomic E-state index is 0.105. The Labute approximate surface area is 126 Å². The van der Waals surface area contributed by atoms with Crippen LogP contribution in [0.1, 0.15) is 40.6 Å². The van der Waals surface area contributed by atoms with Gasteiger partial charge in [-0.2, -0.15) is 0 Å². The van der Waals surface area contributed by atoms with Crippen molar-refractivity contribution in [1.29, 1.82) is 0 Å². The summed E-state index contributed by atoms with van der Waals surface area (Å²) in [5.74, 6) is 7.22. The lowest BCUT2D eigenvalue weighted by Gasteiger charge is -2.32. The van der Waals surface area contributed by atoms with Crippen LogP contribution in [0.5, 0.6) is 5.75 Å². The Bertz CT molecular complexity index is 619. The second-order valence-corrected chi connectivity index (χ2v) is 5.85. The summed E-state index contributed by atoms with van der Waals surface area (Å²) in [7, 11) is 0. The van der Waals surface area contributed by atoms with Crippen molar-refractivity contribution in [3.63, 3.8) is 0 Å². The molecule has 0 aliphatic carbocycles. The van der Waals surface area contributed by atoms with E-state index in [4.69, 9.17) is 10.6 Å². The molecule has 0 aromatic heterocycles. The molecule has 21 heavy (non-hydrogen) atoms. The molecule has 1 heterocycles. The van der Waals surface area contributed by atoms with E-state index in [1.165, 1.54) is 22.3 Å². The molecule has 3 heteroatoms. The molecule has 0 amide bonds. The van der Waals surface area contributed by atoms with Gasteiger partial charge in [0.05, 0.1) is 12.6 Å². The van der Waals surface area contributed by atoms with Crippen LogP contribution in [0.4, 0.5) is 0 Å². The van der Waals surface area contributed by atoms with Gasteiger partial charge in [0.15, 0.2) is 0 Å². The molecule has 1 aliphatic rings. The number of nitrogens with two attached hydrogens (primary N) is 1. The zero-order valence-electron chi connectivity index (χ0n) is 12.6. The predicted molar refractivity (Wildman–Crippen MR) is 85.3 cm³/mol. The highest BCUT2D eigenvalue weighted by molar-refractivity contribution is 5.41. The van der Waals surface area contributed by atoms with Crippen LogP contribution in [-0.2, 0) is 0 Å². The Morgan fingerprint density at radius 3 is 2.57 bits per heavy atom. The molecule has 110 valence electrons. The summed E-state index contributed by atoms with van der Waals surface area (Å²) < 4.78 is 5.76. The molecule has 3 rings (SSSR count). The van der Waals surface area contributed by atoms with E-state index in [-0.39, 0.29) is 6.04 Å². The fourth-order valence-electron chi connectivity index (χ4n) is 3.35. The lowest BCUT2D eigenvalue weighted by atomic mass is 9.83. The molecule has 0 fully saturated rings. The lowest BCUT2D eigenvalue weighted by Crippen LogP contribution is -2.34. The predicted octanol–water partition coefficient (Wildman–Crippen LogP) is 3.37. The van der Waals surface area contributed by atoms with Gasteiger partial charge in [0.1, 0.15) is 5.75 Å². The minimum atomic E-state index is 0.105. The van der Waals surface area contributed by atoms with E-state index >= 15 is 0 Å². The third-order valence-corrected chi connectivity index (χ3v) is 4.19. The highest BCUT2D eigenvalue weighted by Gasteiger charge is 2.29. The van der Waals surface area contributed by atoms with Crippen molar-refractivity contribution in [3.05, 3.63) is 64.7 Å². The van der Waals surface area contributed by atoms with Crippen molar-refractivity contribution in [3.8, 4) is 5.75 Å². The van der Waals surface area contributed by atoms with Gasteiger partial charge in [-0.05, 0) is 37.5 Å². The van der Waals surface area contributed by atoms with Crippen LogP contribution < -0.4 is 16.0 Å². The van der Waals surface area contributed by atoms with Gasteiger partial charge in [0.2, 0.25) is 0 Å². The van der Waals surface area contributed by atoms with E-state index in [0.717, 1.165) is 18.8 Å². The molecule has 1 aliphatic heterocycles. The van der Waals surface area contributed by atoms with Crippen LogP contribution in [0.2, 0.25) is 0 Å². The third-order valence-electron chi connectivity index (χ3n) is 4.19. The molecule has 3 nitrogen and oxygen atoms in total. The zero-order chi connectivity index (χ0) is 14.8. The molecule has 0 radical (unpaired) electrons. The molecule has 3 N–H and O–H groups in total. The fraction of sp³-hybridized carbons (Fsp3) is 0.333. The van der Waals surface area contributed by atoms with Gasteiger partial charge in [-0.3, -0.25) is 11.3 Å². The average Bonchev–Trinajstić information content (AvgIpc) is 2.47. The largest absolute Gasteiger partial charge is 0.493 e. The number of benzene rings is 2. The molecule has 2 aromatic carbocycles. The van der Waals surface area contributed by atoms with Crippen LogP contribution in [0.3, 0.4) is 0 Å². The van der Waals surface area contributed by atoms with Gasteiger partial charge < -0.3 is 4.74 Å². The van der Waals surface area contributed by atoms with Crippen LogP contribution in [0.25, 0.3) is 0 Å². The highest BCUT2D eigenvalue weighted by Crippen LogP contribution is 2.41. The second kappa shape index (κ2) is 5.88. The Morgan fingerprint density at radius 1 is 1.14 bits per heavy atom. The van der Waals surface area contributed by atoms with Crippen molar-refractivity contribution in [2.45, 2.75) is 32.2 Å². The number of hydrogen-bond donors (Lipinski definition) is 2. The van der Waals surface area contributed by atoms with Gasteiger partial charge in [-0.15, -0.1) is 0 Å². The maximum absolute atomic E-state index is 5.90. The smallest absolute Gasteiger partial charge is 0.122 e. The normalized spacial score (nSPS) is 18.7. The topological polar surface area (TPSA) is 47.3 Å². The van der Waals surface area contributed by atoms with Crippen LogP contribution in [0.15, 0.2) is 42.5 Å². The third kappa shape index (κ3) is 2.80. The molecular formula is C18H22N2O. The summed E-state index contributed by atoms with van der Waals surface area (Å²) in [5.41, 5.74) is 8.05. The first-order valence-electron chi connectivity index (χ1n) is 7.45. The SMILES string of the molecule is Cc1cc(C)cc(C(NN)C2CCOc3ccccc32)c1. The number of ether oxygens (including phenoxy) is 1. The number of fused-ring (bicyclic) bond motifs is 1. The van der Waals surface area contributed by atoms with Crippen molar-refractivity contribution in [2.75, 3.05) is 6.61 Å². The van der Waals surface area contributed by atoms with Crippen LogP contribution >= 0.6 is 0 Å². The molecule has 0 saturated carbocycles. The Balaban J connectivity index is 2.01. The molecule has 0 saturated heterocycles. The van der Waals surface area contributed by atoms with Crippen LogP contribution in [0, 0.1) is 13.8 Å². The highest BCUT2D eigenvalue weighted by atomic mass is 16.5. The molecule has 2 atom stereocenters. The van der Waals surface area contributed by atoms with E-state index in [1.807, 2.05) is 12.1 Å². The zero-order valence-corrected chi connectivity index (χ0v) is 12.6. The molecular weight excluding hydrogens is 260 g/mol. The summed E-state index contributed by atoms with van der Waals surface area (Å²) in [6.45, 7) is 4.99. The summed E-state index contributed by atoms with van der Waals surface area (Å²) in [5, 5.41) is 0. The number of para-hydroxylation sites is 1. The summed E-state index contributed by atoms with van der Waals surface area (Å²) in [6, 6.07) is 15.0. The van der Waals surface area contributed by atoms with Crippen molar-refractivity contribution in [2.24, 2.45) is 5.84 Å². The van der Waals surface area contributed by atoms with Gasteiger partial charge >= 0.3 is 0 Å². The number of hydrogen-bond acceptors (Lipinski definition) is 3. The maximum atomic E-state index is 5.90. The monoisotopic (exact) mass is 282 g/mol. The van der Waals surface area contributed by atoms with Gasteiger partial charge in [-0.1, -0.05) is 47.5 Å². The van der Waals surface area contributed by atoms with E-state index < -0.39 is 0 Å². The minimum Gasteiger partial charge on any atom is -0.493 e. The summed E-state index contributed by atoms with van der Waals surface area (Å²) in [6.07, 6.45) is 0.971. The molecule has 2 unspecified atom stereocenters. The van der Waals surface area contributed by atoms with Gasteiger partial charge in [0.25, 0.3) is 0 Å². The van der Waals surface area contributed by atoms with Crippen molar-refractivity contribution in [1.82, 2.24) is 5.43 Å². The van der Waals surface area contributed by atoms with E-state index in [0.29, 0.717) is 5.92 Å². The number of aryl methyl sites for hydroxylation is 2. The first-order valence-corrected chi connectivity index (χ1v) is 7.45. The Hall–Kier alpha value is -1.84. The summed E-state index contributed by atoms with van der Waals surface area (Å²) >= 11 is 0. The standard InChI is InChI=1S/C18H22N2O/c1-12-9-13(2)11-14(10-12)18(20-19)16-7-8-21-17-6-4-3-5-15(16)17/h3-6,9-11,16,18,20H,7-8,19H2,1-2H3. The first-order chi connectivity index (χ1) is 10.2. The average molecular weight is 282 g/mol. The van der Waals surface area contributed by atoms with Gasteiger partial charge in [0, 0.05) is 5.92 Å². The van der Waals surface area contributed by atoms with Crippen LogP contribution in [-0.4, -0.2) is 6.61 Å². The Morgan fingerprint density at radius 2 is 1.86 bits per heavy atom. The van der Waals surface area contributed by atoms with E-state index in [1.54, 1.807) is 0 Å². The van der Waals surface area contributed by atoms with Crippen molar-refractivity contribution >= 4 is 0 Å². The van der Waals surface area contributed by atoms with Crippen molar-refractivity contribution < 1.29 is 4.74 Å². The summed E-state index contributed by atoms with van der Waals surface area (Å²) in [4.78, 5) is 0. The second-order valence-electron chi connectivity index (χ2n) is 5.85. The van der Waals surface area contributed by atoms with Gasteiger partial charge in [-0.25, -0.2) is 0 Å². The van der Waals surface area contributed by atoms with E-state index in [2.05, 4.69) is 49.6 Å². The number of hydrazine groups is 1. The molecule has 0 spiro atoms. The number of rotatable bonds is 3. The Kier molecular flexibility index (Phi) is 3.95. The first kappa shape index (κ1) is 14.1. The quantitative estimate of drug-likeness (QED) is 0.670. The fourth-order valence-corrected chi connectivity index (χ4v) is 3.35. The number of nitrogens with one attached hydrogen (secondary N) is 1. The molecule has 2 aromatic rings. The lowest BCUT2D eigenvalue weighted by molar-refractivity contribution is 0.246. The maximum Gasteiger partial charge on any atom is 0.122 e. The molecule has 0 bridgehead atoms. The van der Waals surface area contributed by atoms with E-state index in [9.17, 15) is 0 Å².